The number of rotatable bonds is 8. The molecule has 0 bridgehead atoms. The topological polar surface area (TPSA) is 67.9 Å². The van der Waals surface area contributed by atoms with Crippen molar-refractivity contribution in [2.45, 2.75) is 59.6 Å². The number of carbonyl (C=O) groups is 2. The van der Waals surface area contributed by atoms with Gasteiger partial charge in [0.1, 0.15) is 17.9 Å². The number of hydrogen-bond donors (Lipinski definition) is 1. The van der Waals surface area contributed by atoms with Crippen molar-refractivity contribution in [3.63, 3.8) is 0 Å². The van der Waals surface area contributed by atoms with Crippen molar-refractivity contribution in [2.24, 2.45) is 5.92 Å². The van der Waals surface area contributed by atoms with Crippen molar-refractivity contribution in [1.29, 1.82) is 0 Å². The van der Waals surface area contributed by atoms with Crippen LogP contribution in [0.15, 0.2) is 24.3 Å². The van der Waals surface area contributed by atoms with Crippen molar-refractivity contribution in [2.75, 3.05) is 20.2 Å². The summed E-state index contributed by atoms with van der Waals surface area (Å²) in [7, 11) is 1.55. The summed E-state index contributed by atoms with van der Waals surface area (Å²) in [6.07, 6.45) is 0.249. The van der Waals surface area contributed by atoms with Gasteiger partial charge < -0.3 is 19.7 Å². The van der Waals surface area contributed by atoms with E-state index < -0.39 is 11.7 Å². The van der Waals surface area contributed by atoms with Gasteiger partial charge in [0.2, 0.25) is 5.91 Å². The van der Waals surface area contributed by atoms with Gasteiger partial charge in [0, 0.05) is 12.6 Å². The highest BCUT2D eigenvalue weighted by Gasteiger charge is 2.24. The smallest absolute Gasteiger partial charge is 0.410 e. The van der Waals surface area contributed by atoms with Gasteiger partial charge in [-0.05, 0) is 46.1 Å². The van der Waals surface area contributed by atoms with Crippen LogP contribution in [0.4, 0.5) is 4.79 Å². The minimum Gasteiger partial charge on any atom is -0.494 e. The van der Waals surface area contributed by atoms with E-state index in [1.807, 2.05) is 31.2 Å². The monoisotopic (exact) mass is 378 g/mol. The van der Waals surface area contributed by atoms with E-state index >= 15 is 0 Å². The van der Waals surface area contributed by atoms with Crippen LogP contribution in [0.25, 0.3) is 0 Å². The Morgan fingerprint density at radius 2 is 1.81 bits per heavy atom. The summed E-state index contributed by atoms with van der Waals surface area (Å²) in [6.45, 7) is 12.0. The van der Waals surface area contributed by atoms with E-state index in [4.69, 9.17) is 9.47 Å². The van der Waals surface area contributed by atoms with Crippen LogP contribution in [0.3, 0.4) is 0 Å². The molecule has 0 aliphatic carbocycles. The molecule has 1 rings (SSSR count). The molecule has 0 saturated carbocycles. The van der Waals surface area contributed by atoms with Crippen molar-refractivity contribution in [3.05, 3.63) is 29.8 Å². The van der Waals surface area contributed by atoms with Gasteiger partial charge in [-0.1, -0.05) is 32.0 Å². The average molecular weight is 379 g/mol. The van der Waals surface area contributed by atoms with Crippen LogP contribution in [-0.4, -0.2) is 42.7 Å². The maximum absolute atomic E-state index is 12.6. The molecule has 0 heterocycles. The third-order valence-electron chi connectivity index (χ3n) is 3.72. The number of likely N-dealkylation sites (N-methyl/N-ethyl adjacent to an activating group) is 1. The Morgan fingerprint density at radius 1 is 1.19 bits per heavy atom. The first-order valence-electron chi connectivity index (χ1n) is 9.48. The standard InChI is InChI=1S/C21H34N2O4/c1-8-26-18-12-10-9-11-16(18)17(13-15(2)3)22-19(24)14-23(7)20(25)27-21(4,5)6/h9-12,15,17H,8,13-14H2,1-7H3,(H,22,24). The fraction of sp³-hybridized carbons (Fsp3) is 0.619. The molecular weight excluding hydrogens is 344 g/mol. The second-order valence-corrected chi connectivity index (χ2v) is 8.06. The summed E-state index contributed by atoms with van der Waals surface area (Å²) in [5.41, 5.74) is 0.347. The minimum atomic E-state index is -0.599. The molecule has 0 saturated heterocycles. The summed E-state index contributed by atoms with van der Waals surface area (Å²) in [5.74, 6) is 0.917. The maximum atomic E-state index is 12.6. The molecular formula is C21H34N2O4. The van der Waals surface area contributed by atoms with Crippen LogP contribution in [0.2, 0.25) is 0 Å². The fourth-order valence-corrected chi connectivity index (χ4v) is 2.65. The zero-order valence-electron chi connectivity index (χ0n) is 17.7. The molecule has 0 aliphatic heterocycles. The van der Waals surface area contributed by atoms with E-state index in [2.05, 4.69) is 19.2 Å². The first-order valence-corrected chi connectivity index (χ1v) is 9.48. The van der Waals surface area contributed by atoms with Gasteiger partial charge in [-0.3, -0.25) is 4.79 Å². The number of nitrogens with one attached hydrogen (secondary N) is 1. The van der Waals surface area contributed by atoms with Crippen molar-refractivity contribution < 1.29 is 19.1 Å². The van der Waals surface area contributed by atoms with Gasteiger partial charge in [-0.15, -0.1) is 0 Å². The molecule has 6 nitrogen and oxygen atoms in total. The third-order valence-corrected chi connectivity index (χ3v) is 3.72. The van der Waals surface area contributed by atoms with Crippen LogP contribution in [0.5, 0.6) is 5.75 Å². The lowest BCUT2D eigenvalue weighted by molar-refractivity contribution is -0.122. The lowest BCUT2D eigenvalue weighted by atomic mass is 9.96. The van der Waals surface area contributed by atoms with Gasteiger partial charge in [-0.2, -0.15) is 0 Å². The molecule has 27 heavy (non-hydrogen) atoms. The largest absolute Gasteiger partial charge is 0.494 e. The number of benzene rings is 1. The summed E-state index contributed by atoms with van der Waals surface area (Å²) in [6, 6.07) is 7.54. The number of hydrogen-bond acceptors (Lipinski definition) is 4. The normalized spacial score (nSPS) is 12.4. The zero-order valence-corrected chi connectivity index (χ0v) is 17.7. The van der Waals surface area contributed by atoms with Crippen LogP contribution in [0, 0.1) is 5.92 Å². The van der Waals surface area contributed by atoms with Crippen molar-refractivity contribution in [3.8, 4) is 5.75 Å². The third kappa shape index (κ3) is 8.33. The molecule has 0 aromatic heterocycles. The second-order valence-electron chi connectivity index (χ2n) is 8.06. The summed E-state index contributed by atoms with van der Waals surface area (Å²) < 4.78 is 11.0. The Hall–Kier alpha value is -2.24. The Bertz CT molecular complexity index is 623. The van der Waals surface area contributed by atoms with E-state index in [9.17, 15) is 9.59 Å². The number of amides is 2. The lowest BCUT2D eigenvalue weighted by Gasteiger charge is -2.26. The summed E-state index contributed by atoms with van der Waals surface area (Å²) in [4.78, 5) is 25.9. The van der Waals surface area contributed by atoms with E-state index in [0.717, 1.165) is 17.7 Å². The molecule has 1 aromatic carbocycles. The molecule has 0 spiro atoms. The Kier molecular flexibility index (Phi) is 8.60. The average Bonchev–Trinajstić information content (AvgIpc) is 2.53. The molecule has 0 fully saturated rings. The van der Waals surface area contributed by atoms with E-state index in [-0.39, 0.29) is 18.5 Å². The highest BCUT2D eigenvalue weighted by Crippen LogP contribution is 2.29. The minimum absolute atomic E-state index is 0.0691. The van der Waals surface area contributed by atoms with E-state index in [1.165, 1.54) is 4.90 Å². The number of carbonyl (C=O) groups excluding carboxylic acids is 2. The van der Waals surface area contributed by atoms with Crippen molar-refractivity contribution >= 4 is 12.0 Å². The number of para-hydroxylation sites is 1. The quantitative estimate of drug-likeness (QED) is 0.738. The highest BCUT2D eigenvalue weighted by atomic mass is 16.6. The number of nitrogens with zero attached hydrogens (tertiary/aromatic N) is 1. The van der Waals surface area contributed by atoms with Crippen LogP contribution in [0.1, 0.15) is 59.6 Å². The van der Waals surface area contributed by atoms with Crippen LogP contribution >= 0.6 is 0 Å². The Labute approximate surface area is 163 Å². The SMILES string of the molecule is CCOc1ccccc1C(CC(C)C)NC(=O)CN(C)C(=O)OC(C)(C)C. The molecule has 152 valence electrons. The first-order chi connectivity index (χ1) is 12.5. The molecule has 1 aromatic rings. The van der Waals surface area contributed by atoms with Crippen molar-refractivity contribution in [1.82, 2.24) is 10.2 Å². The second kappa shape index (κ2) is 10.2. The molecule has 0 radical (unpaired) electrons. The summed E-state index contributed by atoms with van der Waals surface area (Å²) in [5, 5.41) is 3.04. The first kappa shape index (κ1) is 22.8. The van der Waals surface area contributed by atoms with Gasteiger partial charge in [0.15, 0.2) is 0 Å². The highest BCUT2D eigenvalue weighted by molar-refractivity contribution is 5.82. The maximum Gasteiger partial charge on any atom is 0.410 e. The van der Waals surface area contributed by atoms with E-state index in [0.29, 0.717) is 12.5 Å². The lowest BCUT2D eigenvalue weighted by Crippen LogP contribution is -2.42. The molecule has 2 amide bonds. The Balaban J connectivity index is 2.85. The van der Waals surface area contributed by atoms with Gasteiger partial charge >= 0.3 is 6.09 Å². The molecule has 1 N–H and O–H groups in total. The predicted octanol–water partition coefficient (Wildman–Crippen LogP) is 4.16. The van der Waals surface area contributed by atoms with E-state index in [1.54, 1.807) is 27.8 Å². The van der Waals surface area contributed by atoms with Gasteiger partial charge in [-0.25, -0.2) is 4.79 Å². The van der Waals surface area contributed by atoms with Crippen LogP contribution < -0.4 is 10.1 Å². The zero-order chi connectivity index (χ0) is 20.6. The van der Waals surface area contributed by atoms with Gasteiger partial charge in [0.05, 0.1) is 12.6 Å². The fourth-order valence-electron chi connectivity index (χ4n) is 2.65. The van der Waals surface area contributed by atoms with Gasteiger partial charge in [0.25, 0.3) is 0 Å². The predicted molar refractivity (Wildman–Crippen MR) is 107 cm³/mol. The molecule has 0 aliphatic rings. The molecule has 1 atom stereocenters. The molecule has 6 heteroatoms. The van der Waals surface area contributed by atoms with Crippen LogP contribution in [-0.2, 0) is 9.53 Å². The Morgan fingerprint density at radius 3 is 2.37 bits per heavy atom. The molecule has 1 unspecified atom stereocenters. The summed E-state index contributed by atoms with van der Waals surface area (Å²) >= 11 is 0. The number of ether oxygens (including phenoxy) is 2.